The topological polar surface area (TPSA) is 129 Å². The number of esters is 1. The highest BCUT2D eigenvalue weighted by atomic mass is 35.5. The molecule has 0 saturated carbocycles. The number of carbonyl (C=O) groups excluding carboxylic acids is 2. The van der Waals surface area contributed by atoms with Crippen LogP contribution in [0.4, 0.5) is 5.69 Å². The lowest BCUT2D eigenvalue weighted by molar-refractivity contribution is -0.384. The third kappa shape index (κ3) is 6.70. The summed E-state index contributed by atoms with van der Waals surface area (Å²) in [4.78, 5) is 37.2. The Labute approximate surface area is 197 Å². The van der Waals surface area contributed by atoms with Crippen LogP contribution >= 0.6 is 22.9 Å². The van der Waals surface area contributed by atoms with E-state index in [-0.39, 0.29) is 23.1 Å². The van der Waals surface area contributed by atoms with E-state index in [4.69, 9.17) is 20.8 Å². The predicted octanol–water partition coefficient (Wildman–Crippen LogP) is 4.35. The number of aromatic nitrogens is 2. The lowest BCUT2D eigenvalue weighted by Gasteiger charge is -2.19. The van der Waals surface area contributed by atoms with Crippen molar-refractivity contribution in [3.8, 4) is 10.8 Å². The van der Waals surface area contributed by atoms with Crippen molar-refractivity contribution in [2.75, 3.05) is 13.2 Å². The standard InChI is InChI=1S/C21H19ClN4O6S/c1-2-9-25(12-18-23-24-21(32-18)17-4-3-10-33-17)19(27)13-31-20(28)8-6-14-5-7-15(22)16(11-14)26(29)30/h3-8,10-11H,2,9,12-13H2,1H3/b8-6+. The minimum absolute atomic E-state index is 0.00917. The quantitative estimate of drug-likeness (QED) is 0.177. The first-order valence-electron chi connectivity index (χ1n) is 9.80. The van der Waals surface area contributed by atoms with Crippen LogP contribution in [-0.2, 0) is 20.9 Å². The molecule has 0 fully saturated rings. The van der Waals surface area contributed by atoms with Crippen LogP contribution in [0.5, 0.6) is 0 Å². The minimum Gasteiger partial charge on any atom is -0.452 e. The fourth-order valence-electron chi connectivity index (χ4n) is 2.75. The molecule has 0 spiro atoms. The number of nitro benzene ring substituents is 1. The maximum absolute atomic E-state index is 12.6. The summed E-state index contributed by atoms with van der Waals surface area (Å²) in [5.41, 5.74) is 0.112. The average molecular weight is 491 g/mol. The number of hydrogen-bond donors (Lipinski definition) is 0. The molecule has 3 rings (SSSR count). The summed E-state index contributed by atoms with van der Waals surface area (Å²) in [5.74, 6) is -0.537. The molecule has 0 aliphatic heterocycles. The zero-order valence-corrected chi connectivity index (χ0v) is 19.0. The Balaban J connectivity index is 1.56. The Hall–Kier alpha value is -3.57. The smallest absolute Gasteiger partial charge is 0.331 e. The molecule has 0 unspecified atom stereocenters. The van der Waals surface area contributed by atoms with Gasteiger partial charge in [0.2, 0.25) is 5.89 Å². The lowest BCUT2D eigenvalue weighted by Crippen LogP contribution is -2.34. The van der Waals surface area contributed by atoms with Crippen molar-refractivity contribution in [3.05, 3.63) is 68.4 Å². The van der Waals surface area contributed by atoms with Crippen molar-refractivity contribution in [1.29, 1.82) is 0 Å². The summed E-state index contributed by atoms with van der Waals surface area (Å²) >= 11 is 7.23. The molecule has 0 atom stereocenters. The molecule has 0 radical (unpaired) electrons. The van der Waals surface area contributed by atoms with Crippen molar-refractivity contribution in [1.82, 2.24) is 15.1 Å². The molecule has 0 saturated heterocycles. The summed E-state index contributed by atoms with van der Waals surface area (Å²) < 4.78 is 10.6. The second kappa shape index (κ2) is 11.3. The first kappa shape index (κ1) is 24.1. The van der Waals surface area contributed by atoms with E-state index in [2.05, 4.69) is 10.2 Å². The van der Waals surface area contributed by atoms with Crippen LogP contribution < -0.4 is 0 Å². The van der Waals surface area contributed by atoms with Gasteiger partial charge in [-0.1, -0.05) is 30.7 Å². The number of ether oxygens (including phenoxy) is 1. The van der Waals surface area contributed by atoms with Gasteiger partial charge in [0, 0.05) is 18.7 Å². The number of rotatable bonds is 10. The molecule has 0 bridgehead atoms. The first-order valence-corrected chi connectivity index (χ1v) is 11.1. The van der Waals surface area contributed by atoms with Gasteiger partial charge in [0.1, 0.15) is 5.02 Å². The summed E-state index contributed by atoms with van der Waals surface area (Å²) in [6.45, 7) is 1.94. The predicted molar refractivity (Wildman–Crippen MR) is 121 cm³/mol. The van der Waals surface area contributed by atoms with Crippen molar-refractivity contribution >= 4 is 46.6 Å². The monoisotopic (exact) mass is 490 g/mol. The van der Waals surface area contributed by atoms with E-state index in [9.17, 15) is 19.7 Å². The molecule has 10 nitrogen and oxygen atoms in total. The van der Waals surface area contributed by atoms with Crippen LogP contribution in [0.2, 0.25) is 5.02 Å². The van der Waals surface area contributed by atoms with Gasteiger partial charge in [0.05, 0.1) is 16.3 Å². The molecule has 1 aromatic carbocycles. The Morgan fingerprint density at radius 3 is 2.85 bits per heavy atom. The van der Waals surface area contributed by atoms with Crippen LogP contribution in [0.3, 0.4) is 0 Å². The number of halogens is 1. The highest BCUT2D eigenvalue weighted by molar-refractivity contribution is 7.13. The maximum Gasteiger partial charge on any atom is 0.331 e. The van der Waals surface area contributed by atoms with Crippen LogP contribution in [0.25, 0.3) is 16.8 Å². The third-order valence-corrected chi connectivity index (χ3v) is 5.47. The summed E-state index contributed by atoms with van der Waals surface area (Å²) in [6.07, 6.45) is 3.10. The van der Waals surface area contributed by atoms with Crippen molar-refractivity contribution in [2.45, 2.75) is 19.9 Å². The van der Waals surface area contributed by atoms with E-state index < -0.39 is 23.4 Å². The number of amides is 1. The number of thiophene rings is 1. The van der Waals surface area contributed by atoms with Gasteiger partial charge in [-0.15, -0.1) is 21.5 Å². The highest BCUT2D eigenvalue weighted by Gasteiger charge is 2.19. The van der Waals surface area contributed by atoms with Gasteiger partial charge in [-0.2, -0.15) is 0 Å². The fraction of sp³-hybridized carbons (Fsp3) is 0.238. The fourth-order valence-corrected chi connectivity index (χ4v) is 3.58. The van der Waals surface area contributed by atoms with Gasteiger partial charge in [-0.25, -0.2) is 4.79 Å². The second-order valence-corrected chi connectivity index (χ2v) is 8.06. The number of carbonyl (C=O) groups is 2. The van der Waals surface area contributed by atoms with E-state index in [0.717, 1.165) is 11.0 Å². The van der Waals surface area contributed by atoms with Crippen molar-refractivity contribution < 1.29 is 23.7 Å². The lowest BCUT2D eigenvalue weighted by atomic mass is 10.2. The number of benzene rings is 1. The molecule has 12 heteroatoms. The molecule has 0 N–H and O–H groups in total. The third-order valence-electron chi connectivity index (χ3n) is 4.29. The van der Waals surface area contributed by atoms with Gasteiger partial charge in [-0.05, 0) is 35.6 Å². The van der Waals surface area contributed by atoms with Crippen LogP contribution in [-0.4, -0.2) is 45.0 Å². The molecule has 1 amide bonds. The molecular formula is C21H19ClN4O6S. The van der Waals surface area contributed by atoms with Gasteiger partial charge < -0.3 is 14.1 Å². The molecule has 2 aromatic heterocycles. The molecule has 0 aliphatic carbocycles. The zero-order valence-electron chi connectivity index (χ0n) is 17.5. The minimum atomic E-state index is -0.768. The van der Waals surface area contributed by atoms with E-state index in [1.165, 1.54) is 40.5 Å². The Morgan fingerprint density at radius 1 is 1.33 bits per heavy atom. The number of hydrogen-bond acceptors (Lipinski definition) is 9. The van der Waals surface area contributed by atoms with Crippen molar-refractivity contribution in [2.24, 2.45) is 0 Å². The second-order valence-electron chi connectivity index (χ2n) is 6.70. The molecule has 0 aliphatic rings. The van der Waals surface area contributed by atoms with E-state index >= 15 is 0 Å². The summed E-state index contributed by atoms with van der Waals surface area (Å²) in [5, 5.41) is 20.8. The zero-order chi connectivity index (χ0) is 23.8. The Kier molecular flexibility index (Phi) is 8.28. The maximum atomic E-state index is 12.6. The van der Waals surface area contributed by atoms with E-state index in [1.807, 2.05) is 24.4 Å². The number of nitro groups is 1. The SMILES string of the molecule is CCCN(Cc1nnc(-c2cccs2)o1)C(=O)COC(=O)/C=C/c1ccc(Cl)c([N+](=O)[O-])c1. The summed E-state index contributed by atoms with van der Waals surface area (Å²) in [6, 6.07) is 7.83. The largest absolute Gasteiger partial charge is 0.452 e. The van der Waals surface area contributed by atoms with Gasteiger partial charge in [0.15, 0.2) is 6.61 Å². The van der Waals surface area contributed by atoms with E-state index in [1.54, 1.807) is 0 Å². The molecule has 33 heavy (non-hydrogen) atoms. The Bertz CT molecular complexity index is 1160. The normalized spacial score (nSPS) is 11.0. The highest BCUT2D eigenvalue weighted by Crippen LogP contribution is 2.26. The van der Waals surface area contributed by atoms with Gasteiger partial charge >= 0.3 is 5.97 Å². The Morgan fingerprint density at radius 2 is 2.15 bits per heavy atom. The van der Waals surface area contributed by atoms with Gasteiger partial charge in [0.25, 0.3) is 17.5 Å². The van der Waals surface area contributed by atoms with E-state index in [0.29, 0.717) is 24.4 Å². The van der Waals surface area contributed by atoms with Crippen LogP contribution in [0, 0.1) is 10.1 Å². The molecule has 3 aromatic rings. The van der Waals surface area contributed by atoms with Gasteiger partial charge in [-0.3, -0.25) is 14.9 Å². The molecule has 2 heterocycles. The van der Waals surface area contributed by atoms with Crippen LogP contribution in [0.1, 0.15) is 24.8 Å². The van der Waals surface area contributed by atoms with Crippen LogP contribution in [0.15, 0.2) is 46.2 Å². The molecular weight excluding hydrogens is 472 g/mol. The summed E-state index contributed by atoms with van der Waals surface area (Å²) in [7, 11) is 0. The number of nitrogens with zero attached hydrogens (tertiary/aromatic N) is 4. The van der Waals surface area contributed by atoms with Crippen molar-refractivity contribution in [3.63, 3.8) is 0 Å². The molecule has 172 valence electrons. The average Bonchev–Trinajstić information content (AvgIpc) is 3.48. The first-order chi connectivity index (χ1) is 15.9.